The van der Waals surface area contributed by atoms with Crippen molar-refractivity contribution in [2.75, 3.05) is 0 Å². The summed E-state index contributed by atoms with van der Waals surface area (Å²) in [5.41, 5.74) is 3.10. The second-order valence-electron chi connectivity index (χ2n) is 4.43. The largest absolute Gasteiger partial charge is 0.313 e. The first-order valence-corrected chi connectivity index (χ1v) is 7.42. The lowest BCUT2D eigenvalue weighted by Crippen LogP contribution is -2.05. The molecule has 0 radical (unpaired) electrons. The van der Waals surface area contributed by atoms with Crippen LogP contribution in [0.3, 0.4) is 0 Å². The van der Waals surface area contributed by atoms with E-state index < -0.39 is 0 Å². The third kappa shape index (κ3) is 2.03. The van der Waals surface area contributed by atoms with Crippen molar-refractivity contribution >= 4 is 37.5 Å². The van der Waals surface area contributed by atoms with Crippen molar-refractivity contribution in [3.8, 4) is 11.1 Å². The molecule has 19 heavy (non-hydrogen) atoms. The van der Waals surface area contributed by atoms with E-state index in [0.717, 1.165) is 30.9 Å². The Kier molecular flexibility index (Phi) is 3.03. The van der Waals surface area contributed by atoms with Crippen LogP contribution >= 0.6 is 27.3 Å². The van der Waals surface area contributed by atoms with Gasteiger partial charge in [0.2, 0.25) is 0 Å². The Morgan fingerprint density at radius 2 is 2.11 bits per heavy atom. The Bertz CT molecular complexity index is 835. The highest BCUT2D eigenvalue weighted by Gasteiger charge is 2.17. The van der Waals surface area contributed by atoms with Crippen LogP contribution < -0.4 is 5.56 Å². The average molecular weight is 335 g/mol. The molecule has 0 amide bonds. The monoisotopic (exact) mass is 334 g/mol. The van der Waals surface area contributed by atoms with Crippen LogP contribution in [-0.4, -0.2) is 9.97 Å². The molecule has 0 aliphatic carbocycles. The minimum absolute atomic E-state index is 0.0854. The molecule has 3 nitrogen and oxygen atoms in total. The van der Waals surface area contributed by atoms with Gasteiger partial charge in [0.05, 0.1) is 11.7 Å². The first-order valence-electron chi connectivity index (χ1n) is 5.81. The maximum Gasteiger partial charge on any atom is 0.260 e. The third-order valence-electron chi connectivity index (χ3n) is 3.06. The van der Waals surface area contributed by atoms with E-state index in [-0.39, 0.29) is 5.56 Å². The molecule has 0 aliphatic rings. The van der Waals surface area contributed by atoms with E-state index in [0.29, 0.717) is 5.39 Å². The SMILES string of the molecule is Cc1ccc(Br)c(-c2c(C)sc3nc[nH]c(=O)c23)c1. The smallest absolute Gasteiger partial charge is 0.260 e. The van der Waals surface area contributed by atoms with Crippen molar-refractivity contribution in [1.82, 2.24) is 9.97 Å². The number of rotatable bonds is 1. The van der Waals surface area contributed by atoms with Crippen LogP contribution in [-0.2, 0) is 0 Å². The van der Waals surface area contributed by atoms with E-state index in [1.807, 2.05) is 26.0 Å². The van der Waals surface area contributed by atoms with Gasteiger partial charge in [-0.05, 0) is 25.5 Å². The maximum absolute atomic E-state index is 12.1. The molecule has 0 saturated carbocycles. The fraction of sp³-hybridized carbons (Fsp3) is 0.143. The number of nitrogens with one attached hydrogen (secondary N) is 1. The summed E-state index contributed by atoms with van der Waals surface area (Å²) in [6, 6.07) is 6.14. The molecule has 2 heterocycles. The number of aryl methyl sites for hydroxylation is 2. The third-order valence-corrected chi connectivity index (χ3v) is 4.77. The zero-order valence-electron chi connectivity index (χ0n) is 10.5. The molecule has 0 saturated heterocycles. The summed E-state index contributed by atoms with van der Waals surface area (Å²) in [6.07, 6.45) is 1.45. The number of thiophene rings is 1. The summed E-state index contributed by atoms with van der Waals surface area (Å²) in [5.74, 6) is 0. The lowest BCUT2D eigenvalue weighted by Gasteiger charge is -2.06. The summed E-state index contributed by atoms with van der Waals surface area (Å²) in [7, 11) is 0. The van der Waals surface area contributed by atoms with Gasteiger partial charge in [-0.3, -0.25) is 4.79 Å². The number of H-pyrrole nitrogens is 1. The quantitative estimate of drug-likeness (QED) is 0.730. The van der Waals surface area contributed by atoms with Crippen molar-refractivity contribution in [1.29, 1.82) is 0 Å². The Morgan fingerprint density at radius 3 is 2.89 bits per heavy atom. The molecule has 2 aromatic heterocycles. The summed E-state index contributed by atoms with van der Waals surface area (Å²) < 4.78 is 0.990. The number of fused-ring (bicyclic) bond motifs is 1. The van der Waals surface area contributed by atoms with Gasteiger partial charge >= 0.3 is 0 Å². The Hall–Kier alpha value is -1.46. The molecule has 1 aromatic carbocycles. The number of benzene rings is 1. The van der Waals surface area contributed by atoms with Gasteiger partial charge in [-0.25, -0.2) is 4.98 Å². The van der Waals surface area contributed by atoms with Gasteiger partial charge < -0.3 is 4.98 Å². The minimum atomic E-state index is -0.0854. The molecule has 3 rings (SSSR count). The summed E-state index contributed by atoms with van der Waals surface area (Å²) in [5, 5.41) is 0.677. The molecule has 5 heteroatoms. The Morgan fingerprint density at radius 1 is 1.32 bits per heavy atom. The van der Waals surface area contributed by atoms with E-state index >= 15 is 0 Å². The van der Waals surface area contributed by atoms with Gasteiger partial charge in [0, 0.05) is 14.9 Å². The van der Waals surface area contributed by atoms with Gasteiger partial charge in [0.1, 0.15) is 4.83 Å². The van der Waals surface area contributed by atoms with Crippen molar-refractivity contribution in [3.05, 3.63) is 49.8 Å². The number of nitrogens with zero attached hydrogens (tertiary/aromatic N) is 1. The normalized spacial score (nSPS) is 11.1. The summed E-state index contributed by atoms with van der Waals surface area (Å²) in [4.78, 5) is 20.9. The molecule has 96 valence electrons. The van der Waals surface area contributed by atoms with Crippen molar-refractivity contribution < 1.29 is 0 Å². The van der Waals surface area contributed by atoms with E-state index in [1.165, 1.54) is 6.33 Å². The van der Waals surface area contributed by atoms with Gasteiger partial charge in [0.15, 0.2) is 0 Å². The molecular weight excluding hydrogens is 324 g/mol. The van der Waals surface area contributed by atoms with Crippen molar-refractivity contribution in [3.63, 3.8) is 0 Å². The van der Waals surface area contributed by atoms with E-state index in [2.05, 4.69) is 32.0 Å². The fourth-order valence-corrected chi connectivity index (χ4v) is 3.66. The van der Waals surface area contributed by atoms with Crippen LogP contribution in [0, 0.1) is 13.8 Å². The van der Waals surface area contributed by atoms with E-state index in [9.17, 15) is 4.79 Å². The van der Waals surface area contributed by atoms with Gasteiger partial charge in [-0.1, -0.05) is 33.6 Å². The minimum Gasteiger partial charge on any atom is -0.313 e. The fourth-order valence-electron chi connectivity index (χ4n) is 2.21. The van der Waals surface area contributed by atoms with Crippen molar-refractivity contribution in [2.45, 2.75) is 13.8 Å². The highest BCUT2D eigenvalue weighted by atomic mass is 79.9. The number of hydrogen-bond donors (Lipinski definition) is 1. The maximum atomic E-state index is 12.1. The molecule has 0 spiro atoms. The van der Waals surface area contributed by atoms with Crippen LogP contribution in [0.1, 0.15) is 10.4 Å². The van der Waals surface area contributed by atoms with Gasteiger partial charge in [0.25, 0.3) is 5.56 Å². The molecule has 1 N–H and O–H groups in total. The zero-order valence-corrected chi connectivity index (χ0v) is 12.9. The van der Waals surface area contributed by atoms with Crippen LogP contribution in [0.25, 0.3) is 21.3 Å². The van der Waals surface area contributed by atoms with Crippen LogP contribution in [0.15, 0.2) is 33.8 Å². The van der Waals surface area contributed by atoms with E-state index in [1.54, 1.807) is 11.3 Å². The topological polar surface area (TPSA) is 45.8 Å². The number of aromatic nitrogens is 2. The van der Waals surface area contributed by atoms with Crippen LogP contribution in [0.4, 0.5) is 0 Å². The average Bonchev–Trinajstić information content (AvgIpc) is 2.70. The summed E-state index contributed by atoms with van der Waals surface area (Å²) in [6.45, 7) is 4.07. The molecule has 0 aliphatic heterocycles. The highest BCUT2D eigenvalue weighted by Crippen LogP contribution is 2.39. The second-order valence-corrected chi connectivity index (χ2v) is 6.49. The van der Waals surface area contributed by atoms with Crippen LogP contribution in [0.5, 0.6) is 0 Å². The lowest BCUT2D eigenvalue weighted by molar-refractivity contribution is 1.18. The molecule has 0 atom stereocenters. The number of halogens is 1. The first kappa shape index (κ1) is 12.6. The molecule has 3 aromatic rings. The predicted molar refractivity (Wildman–Crippen MR) is 82.9 cm³/mol. The number of aromatic amines is 1. The van der Waals surface area contributed by atoms with E-state index in [4.69, 9.17) is 0 Å². The van der Waals surface area contributed by atoms with Crippen LogP contribution in [0.2, 0.25) is 0 Å². The molecular formula is C14H11BrN2OS. The molecule has 0 unspecified atom stereocenters. The number of hydrogen-bond acceptors (Lipinski definition) is 3. The standard InChI is InChI=1S/C14H11BrN2OS/c1-7-3-4-10(15)9(5-7)11-8(2)19-14-12(11)13(18)16-6-17-14/h3-6H,1-2H3,(H,16,17,18). The highest BCUT2D eigenvalue weighted by molar-refractivity contribution is 9.10. The Balaban J connectivity index is 2.46. The summed E-state index contributed by atoms with van der Waals surface area (Å²) >= 11 is 5.12. The second kappa shape index (κ2) is 4.58. The van der Waals surface area contributed by atoms with Gasteiger partial charge in [-0.2, -0.15) is 0 Å². The molecule has 0 fully saturated rings. The van der Waals surface area contributed by atoms with Gasteiger partial charge in [-0.15, -0.1) is 11.3 Å². The predicted octanol–water partition coefficient (Wildman–Crippen LogP) is 4.03. The van der Waals surface area contributed by atoms with Crippen molar-refractivity contribution in [2.24, 2.45) is 0 Å². The lowest BCUT2D eigenvalue weighted by atomic mass is 10.0. The first-order chi connectivity index (χ1) is 9.08. The molecule has 0 bridgehead atoms. The zero-order chi connectivity index (χ0) is 13.6. The Labute approximate surface area is 122 Å².